The molecule has 0 aromatic carbocycles. The summed E-state index contributed by atoms with van der Waals surface area (Å²) in [7, 11) is 0. The van der Waals surface area contributed by atoms with Crippen molar-refractivity contribution in [3.63, 3.8) is 0 Å². The van der Waals surface area contributed by atoms with Crippen molar-refractivity contribution in [2.45, 2.75) is 38.6 Å². The Hall–Kier alpha value is -0.830. The second-order valence-corrected chi connectivity index (χ2v) is 6.81. The highest BCUT2D eigenvalue weighted by Crippen LogP contribution is 2.56. The summed E-state index contributed by atoms with van der Waals surface area (Å²) >= 11 is 0. The molecule has 3 nitrogen and oxygen atoms in total. The zero-order valence-corrected chi connectivity index (χ0v) is 10.9. The quantitative estimate of drug-likeness (QED) is 0.856. The maximum atomic E-state index is 4.00. The van der Waals surface area contributed by atoms with Gasteiger partial charge in [-0.3, -0.25) is 5.10 Å². The van der Waals surface area contributed by atoms with E-state index in [4.69, 9.17) is 0 Å². The van der Waals surface area contributed by atoms with Crippen LogP contribution in [0.1, 0.15) is 37.8 Å². The van der Waals surface area contributed by atoms with Crippen LogP contribution in [-0.4, -0.2) is 16.7 Å². The second kappa shape index (κ2) is 4.37. The van der Waals surface area contributed by atoms with Gasteiger partial charge >= 0.3 is 0 Å². The number of H-pyrrole nitrogens is 1. The van der Waals surface area contributed by atoms with Crippen LogP contribution in [0, 0.1) is 29.6 Å². The van der Waals surface area contributed by atoms with Gasteiger partial charge in [-0.05, 0) is 74.3 Å². The Morgan fingerprint density at radius 2 is 1.83 bits per heavy atom. The maximum absolute atomic E-state index is 4.00. The molecule has 0 radical (unpaired) electrons. The standard InChI is InChI=1S/C15H23N3/c1-2-17-18-14(1)8-16-9-15-12-4-10-3-11(6-12)7-13(15)5-10/h1-2,10-13,15-16H,3-9H2,(H,17,18). The minimum absolute atomic E-state index is 0.947. The highest BCUT2D eigenvalue weighted by Gasteiger charge is 2.47. The number of aromatic nitrogens is 2. The van der Waals surface area contributed by atoms with Gasteiger partial charge in [-0.1, -0.05) is 0 Å². The SMILES string of the molecule is c1cc(CNCC2C3CC4CC(C3)CC2C4)[nH]n1. The predicted molar refractivity (Wildman–Crippen MR) is 70.8 cm³/mol. The van der Waals surface area contributed by atoms with Crippen LogP contribution < -0.4 is 5.32 Å². The fourth-order valence-corrected chi connectivity index (χ4v) is 5.13. The molecule has 0 spiro atoms. The monoisotopic (exact) mass is 245 g/mol. The zero-order valence-electron chi connectivity index (χ0n) is 10.9. The summed E-state index contributed by atoms with van der Waals surface area (Å²) in [5.74, 6) is 5.22. The number of nitrogens with zero attached hydrogens (tertiary/aromatic N) is 1. The summed E-state index contributed by atoms with van der Waals surface area (Å²) in [6.45, 7) is 2.16. The predicted octanol–water partition coefficient (Wildman–Crippen LogP) is 2.57. The molecular weight excluding hydrogens is 222 g/mol. The summed E-state index contributed by atoms with van der Waals surface area (Å²) in [4.78, 5) is 0. The smallest absolute Gasteiger partial charge is 0.0490 e. The van der Waals surface area contributed by atoms with Crippen molar-refractivity contribution in [2.24, 2.45) is 29.6 Å². The van der Waals surface area contributed by atoms with Gasteiger partial charge in [-0.15, -0.1) is 0 Å². The van der Waals surface area contributed by atoms with Crippen LogP contribution in [0.25, 0.3) is 0 Å². The molecule has 2 N–H and O–H groups in total. The number of nitrogens with one attached hydrogen (secondary N) is 2. The van der Waals surface area contributed by atoms with Crippen LogP contribution >= 0.6 is 0 Å². The molecule has 98 valence electrons. The van der Waals surface area contributed by atoms with E-state index in [1.165, 1.54) is 37.9 Å². The normalized spacial score (nSPS) is 41.4. The van der Waals surface area contributed by atoms with E-state index in [0.29, 0.717) is 0 Å². The van der Waals surface area contributed by atoms with Crippen molar-refractivity contribution in [1.82, 2.24) is 15.5 Å². The van der Waals surface area contributed by atoms with Gasteiger partial charge in [0.15, 0.2) is 0 Å². The van der Waals surface area contributed by atoms with Gasteiger partial charge in [-0.25, -0.2) is 0 Å². The molecule has 3 heteroatoms. The zero-order chi connectivity index (χ0) is 11.9. The highest BCUT2D eigenvalue weighted by atomic mass is 15.1. The van der Waals surface area contributed by atoms with Gasteiger partial charge in [0, 0.05) is 18.4 Å². The lowest BCUT2D eigenvalue weighted by Gasteiger charge is -2.54. The summed E-state index contributed by atoms with van der Waals surface area (Å²) in [6.07, 6.45) is 9.51. The molecule has 0 amide bonds. The van der Waals surface area contributed by atoms with Crippen molar-refractivity contribution in [2.75, 3.05) is 6.54 Å². The van der Waals surface area contributed by atoms with E-state index in [0.717, 1.165) is 36.1 Å². The lowest BCUT2D eigenvalue weighted by Crippen LogP contribution is -2.48. The first-order valence-corrected chi connectivity index (χ1v) is 7.57. The van der Waals surface area contributed by atoms with E-state index in [-0.39, 0.29) is 0 Å². The highest BCUT2D eigenvalue weighted by molar-refractivity contribution is 5.00. The molecule has 0 atom stereocenters. The molecule has 0 saturated heterocycles. The molecule has 18 heavy (non-hydrogen) atoms. The lowest BCUT2D eigenvalue weighted by atomic mass is 9.52. The van der Waals surface area contributed by atoms with Crippen LogP contribution in [-0.2, 0) is 6.54 Å². The maximum Gasteiger partial charge on any atom is 0.0490 e. The van der Waals surface area contributed by atoms with Crippen LogP contribution in [0.2, 0.25) is 0 Å². The van der Waals surface area contributed by atoms with Gasteiger partial charge < -0.3 is 5.32 Å². The fourth-order valence-electron chi connectivity index (χ4n) is 5.13. The molecular formula is C15H23N3. The number of aromatic amines is 1. The summed E-state index contributed by atoms with van der Waals surface area (Å²) in [6, 6.07) is 2.06. The van der Waals surface area contributed by atoms with Crippen LogP contribution in [0.4, 0.5) is 0 Å². The minimum Gasteiger partial charge on any atom is -0.311 e. The molecule has 5 rings (SSSR count). The molecule has 0 aliphatic heterocycles. The van der Waals surface area contributed by atoms with Gasteiger partial charge in [0.2, 0.25) is 0 Å². The third-order valence-corrected chi connectivity index (χ3v) is 5.68. The second-order valence-electron chi connectivity index (χ2n) is 6.81. The van der Waals surface area contributed by atoms with Gasteiger partial charge in [0.25, 0.3) is 0 Å². The van der Waals surface area contributed by atoms with Crippen molar-refractivity contribution in [1.29, 1.82) is 0 Å². The average Bonchev–Trinajstić information content (AvgIpc) is 2.85. The van der Waals surface area contributed by atoms with Crippen molar-refractivity contribution >= 4 is 0 Å². The van der Waals surface area contributed by atoms with Crippen LogP contribution in [0.15, 0.2) is 12.3 Å². The first-order valence-electron chi connectivity index (χ1n) is 7.57. The first-order chi connectivity index (χ1) is 8.88. The average molecular weight is 245 g/mol. The Kier molecular flexibility index (Phi) is 2.68. The van der Waals surface area contributed by atoms with E-state index in [2.05, 4.69) is 21.6 Å². The lowest BCUT2D eigenvalue weighted by molar-refractivity contribution is -0.0355. The molecule has 1 aromatic heterocycles. The molecule has 4 aliphatic carbocycles. The van der Waals surface area contributed by atoms with E-state index in [1.807, 2.05) is 6.20 Å². The molecule has 4 bridgehead atoms. The Labute approximate surface area is 109 Å². The van der Waals surface area contributed by atoms with Crippen LogP contribution in [0.5, 0.6) is 0 Å². The topological polar surface area (TPSA) is 40.7 Å². The Morgan fingerprint density at radius 1 is 1.11 bits per heavy atom. The molecule has 1 aromatic rings. The van der Waals surface area contributed by atoms with Gasteiger partial charge in [0.1, 0.15) is 0 Å². The van der Waals surface area contributed by atoms with E-state index in [9.17, 15) is 0 Å². The van der Waals surface area contributed by atoms with Crippen molar-refractivity contribution in [3.8, 4) is 0 Å². The summed E-state index contributed by atoms with van der Waals surface area (Å²) in [5.41, 5.74) is 1.21. The molecule has 1 heterocycles. The minimum atomic E-state index is 0.947. The summed E-state index contributed by atoms with van der Waals surface area (Å²) in [5, 5.41) is 10.7. The number of hydrogen-bond acceptors (Lipinski definition) is 2. The van der Waals surface area contributed by atoms with Crippen molar-refractivity contribution in [3.05, 3.63) is 18.0 Å². The molecule has 4 saturated carbocycles. The van der Waals surface area contributed by atoms with Gasteiger partial charge in [-0.2, -0.15) is 5.10 Å². The van der Waals surface area contributed by atoms with E-state index >= 15 is 0 Å². The molecule has 0 unspecified atom stereocenters. The Bertz CT molecular complexity index is 370. The number of hydrogen-bond donors (Lipinski definition) is 2. The molecule has 4 aliphatic rings. The Balaban J connectivity index is 1.35. The van der Waals surface area contributed by atoms with Crippen LogP contribution in [0.3, 0.4) is 0 Å². The summed E-state index contributed by atoms with van der Waals surface area (Å²) < 4.78 is 0. The molecule has 4 fully saturated rings. The third kappa shape index (κ3) is 1.89. The Morgan fingerprint density at radius 3 is 2.44 bits per heavy atom. The first kappa shape index (κ1) is 11.0. The fraction of sp³-hybridized carbons (Fsp3) is 0.800. The third-order valence-electron chi connectivity index (χ3n) is 5.68. The van der Waals surface area contributed by atoms with E-state index in [1.54, 1.807) is 6.42 Å². The van der Waals surface area contributed by atoms with Crippen molar-refractivity contribution < 1.29 is 0 Å². The number of rotatable bonds is 4. The largest absolute Gasteiger partial charge is 0.311 e. The van der Waals surface area contributed by atoms with Gasteiger partial charge in [0.05, 0.1) is 0 Å². The van der Waals surface area contributed by atoms with E-state index < -0.39 is 0 Å².